The van der Waals surface area contributed by atoms with Crippen LogP contribution in [0.1, 0.15) is 47.5 Å². The summed E-state index contributed by atoms with van der Waals surface area (Å²) >= 11 is 1.66. The van der Waals surface area contributed by atoms with Crippen LogP contribution >= 0.6 is 11.3 Å². The smallest absolute Gasteiger partial charge is 0.239 e. The fourth-order valence-corrected chi connectivity index (χ4v) is 4.17. The van der Waals surface area contributed by atoms with Crippen LogP contribution in [0, 0.1) is 25.2 Å². The van der Waals surface area contributed by atoms with E-state index < -0.39 is 0 Å². The predicted octanol–water partition coefficient (Wildman–Crippen LogP) is 3.51. The molecular weight excluding hydrogens is 360 g/mol. The van der Waals surface area contributed by atoms with Gasteiger partial charge < -0.3 is 19.9 Å². The fraction of sp³-hybridized carbons (Fsp3) is 0.500. The van der Waals surface area contributed by atoms with Crippen LogP contribution in [0.5, 0.6) is 0 Å². The van der Waals surface area contributed by atoms with E-state index in [4.69, 9.17) is 4.74 Å². The number of carbonyl (C=O) groups is 1. The van der Waals surface area contributed by atoms with Crippen LogP contribution in [0.3, 0.4) is 0 Å². The van der Waals surface area contributed by atoms with Crippen LogP contribution < -0.4 is 10.6 Å². The lowest BCUT2D eigenvalue weighted by Gasteiger charge is -2.17. The molecule has 0 aliphatic carbocycles. The highest BCUT2D eigenvalue weighted by atomic mass is 32.1. The summed E-state index contributed by atoms with van der Waals surface area (Å²) in [7, 11) is 0. The molecule has 6 nitrogen and oxygen atoms in total. The Morgan fingerprint density at radius 3 is 2.96 bits per heavy atom. The molecular formula is C20H26N4O2S. The largest absolute Gasteiger partial charge is 0.376 e. The summed E-state index contributed by atoms with van der Waals surface area (Å²) < 4.78 is 7.77. The van der Waals surface area contributed by atoms with E-state index in [-0.39, 0.29) is 24.6 Å². The first kappa shape index (κ1) is 19.6. The number of nitriles is 1. The molecule has 2 aromatic rings. The van der Waals surface area contributed by atoms with Crippen molar-refractivity contribution in [3.05, 3.63) is 39.2 Å². The second-order valence-corrected chi connectivity index (χ2v) is 7.94. The Morgan fingerprint density at radius 2 is 2.33 bits per heavy atom. The Balaban J connectivity index is 1.71. The van der Waals surface area contributed by atoms with Gasteiger partial charge in [0.15, 0.2) is 0 Å². The molecule has 0 unspecified atom stereocenters. The minimum Gasteiger partial charge on any atom is -0.376 e. The number of ether oxygens (including phenoxy) is 1. The zero-order chi connectivity index (χ0) is 19.4. The summed E-state index contributed by atoms with van der Waals surface area (Å²) in [6, 6.07) is 6.40. The Kier molecular flexibility index (Phi) is 6.32. The van der Waals surface area contributed by atoms with Crippen molar-refractivity contribution < 1.29 is 9.53 Å². The zero-order valence-corrected chi connectivity index (χ0v) is 16.9. The lowest BCUT2D eigenvalue weighted by molar-refractivity contribution is -0.115. The first-order chi connectivity index (χ1) is 13.0. The minimum atomic E-state index is -0.152. The maximum atomic E-state index is 12.5. The molecule has 27 heavy (non-hydrogen) atoms. The summed E-state index contributed by atoms with van der Waals surface area (Å²) in [5.41, 5.74) is 2.44. The van der Waals surface area contributed by atoms with Crippen molar-refractivity contribution in [2.24, 2.45) is 0 Å². The highest BCUT2D eigenvalue weighted by Gasteiger charge is 2.24. The molecule has 1 saturated heterocycles. The predicted molar refractivity (Wildman–Crippen MR) is 107 cm³/mol. The molecule has 3 heterocycles. The third-order valence-corrected chi connectivity index (χ3v) is 6.20. The van der Waals surface area contributed by atoms with Gasteiger partial charge in [0.05, 0.1) is 24.8 Å². The number of amides is 1. The number of nitrogens with zero attached hydrogens (tertiary/aromatic N) is 2. The number of nitrogens with one attached hydrogen (secondary N) is 2. The summed E-state index contributed by atoms with van der Waals surface area (Å²) in [4.78, 5) is 13.7. The number of thiophene rings is 1. The van der Waals surface area contributed by atoms with E-state index in [9.17, 15) is 10.1 Å². The SMILES string of the molecule is Cc1c(C#N)c(NC(=O)CN[C@@H](C)c2cccs2)n(C[C@@H]2CCCO2)c1C. The molecule has 1 fully saturated rings. The number of carbonyl (C=O) groups excluding carboxylic acids is 1. The van der Waals surface area contributed by atoms with Gasteiger partial charge in [-0.05, 0) is 50.6 Å². The topological polar surface area (TPSA) is 79.1 Å². The average molecular weight is 387 g/mol. The first-order valence-corrected chi connectivity index (χ1v) is 10.2. The van der Waals surface area contributed by atoms with Gasteiger partial charge in [0, 0.05) is 23.2 Å². The molecule has 0 radical (unpaired) electrons. The quantitative estimate of drug-likeness (QED) is 0.763. The van der Waals surface area contributed by atoms with Gasteiger partial charge >= 0.3 is 0 Å². The molecule has 0 aromatic carbocycles. The third kappa shape index (κ3) is 4.41. The standard InChI is InChI=1S/C20H26N4O2S/c1-13-15(3)24(12-16-6-4-8-26-16)20(17(13)10-21)23-19(25)11-22-14(2)18-7-5-9-27-18/h5,7,9,14,16,22H,4,6,8,11-12H2,1-3H3,(H,23,25)/t14-,16-/m0/s1. The van der Waals surface area contributed by atoms with E-state index in [0.29, 0.717) is 17.9 Å². The second-order valence-electron chi connectivity index (χ2n) is 6.96. The van der Waals surface area contributed by atoms with Crippen LogP contribution in [0.2, 0.25) is 0 Å². The fourth-order valence-electron chi connectivity index (χ4n) is 3.41. The molecule has 2 atom stereocenters. The molecule has 0 spiro atoms. The number of aromatic nitrogens is 1. The number of hydrogen-bond acceptors (Lipinski definition) is 5. The Bertz CT molecular complexity index is 829. The maximum absolute atomic E-state index is 12.5. The molecule has 1 amide bonds. The second kappa shape index (κ2) is 8.70. The van der Waals surface area contributed by atoms with Crippen LogP contribution in [0.15, 0.2) is 17.5 Å². The van der Waals surface area contributed by atoms with Crippen molar-refractivity contribution in [1.82, 2.24) is 9.88 Å². The van der Waals surface area contributed by atoms with Gasteiger partial charge in [-0.3, -0.25) is 4.79 Å². The molecule has 1 aliphatic heterocycles. The molecule has 7 heteroatoms. The Morgan fingerprint density at radius 1 is 1.52 bits per heavy atom. The highest BCUT2D eigenvalue weighted by molar-refractivity contribution is 7.10. The molecule has 2 N–H and O–H groups in total. The highest BCUT2D eigenvalue weighted by Crippen LogP contribution is 2.28. The minimum absolute atomic E-state index is 0.105. The van der Waals surface area contributed by atoms with Gasteiger partial charge in [-0.1, -0.05) is 6.07 Å². The molecule has 2 aromatic heterocycles. The first-order valence-electron chi connectivity index (χ1n) is 9.29. The van der Waals surface area contributed by atoms with Crippen molar-refractivity contribution in [2.45, 2.75) is 52.3 Å². The Labute approximate surface area is 164 Å². The maximum Gasteiger partial charge on any atom is 0.239 e. The van der Waals surface area contributed by atoms with Crippen LogP contribution in [0.4, 0.5) is 5.82 Å². The van der Waals surface area contributed by atoms with Crippen molar-refractivity contribution in [3.63, 3.8) is 0 Å². The van der Waals surface area contributed by atoms with Crippen molar-refractivity contribution >= 4 is 23.1 Å². The molecule has 0 saturated carbocycles. The molecule has 0 bridgehead atoms. The molecule has 144 valence electrons. The Hall–Kier alpha value is -2.14. The summed E-state index contributed by atoms with van der Waals surface area (Å²) in [6.07, 6.45) is 2.20. The van der Waals surface area contributed by atoms with Gasteiger partial charge in [0.2, 0.25) is 5.91 Å². The zero-order valence-electron chi connectivity index (χ0n) is 16.0. The van der Waals surface area contributed by atoms with E-state index in [2.05, 4.69) is 16.7 Å². The van der Waals surface area contributed by atoms with E-state index >= 15 is 0 Å². The van der Waals surface area contributed by atoms with E-state index in [1.54, 1.807) is 11.3 Å². The van der Waals surface area contributed by atoms with Crippen LogP contribution in [-0.4, -0.2) is 29.7 Å². The van der Waals surface area contributed by atoms with E-state index in [1.165, 1.54) is 4.88 Å². The molecule has 3 rings (SSSR count). The number of hydrogen-bond donors (Lipinski definition) is 2. The van der Waals surface area contributed by atoms with Gasteiger partial charge in [-0.25, -0.2) is 0 Å². The van der Waals surface area contributed by atoms with Crippen molar-refractivity contribution in [3.8, 4) is 6.07 Å². The monoisotopic (exact) mass is 386 g/mol. The number of anilines is 1. The summed E-state index contributed by atoms with van der Waals surface area (Å²) in [6.45, 7) is 7.57. The van der Waals surface area contributed by atoms with Gasteiger partial charge in [-0.2, -0.15) is 5.26 Å². The lowest BCUT2D eigenvalue weighted by Crippen LogP contribution is -2.31. The van der Waals surface area contributed by atoms with E-state index in [0.717, 1.165) is 30.7 Å². The third-order valence-electron chi connectivity index (χ3n) is 5.15. The molecule has 1 aliphatic rings. The average Bonchev–Trinajstić information content (AvgIpc) is 3.40. The lowest BCUT2D eigenvalue weighted by atomic mass is 10.2. The number of rotatable bonds is 7. The van der Waals surface area contributed by atoms with Gasteiger partial charge in [-0.15, -0.1) is 11.3 Å². The van der Waals surface area contributed by atoms with Crippen molar-refractivity contribution in [2.75, 3.05) is 18.5 Å². The normalized spacial score (nSPS) is 17.6. The van der Waals surface area contributed by atoms with E-state index in [1.807, 2.05) is 42.9 Å². The van der Waals surface area contributed by atoms with Crippen LogP contribution in [-0.2, 0) is 16.1 Å². The van der Waals surface area contributed by atoms with Gasteiger partial charge in [0.25, 0.3) is 0 Å². The van der Waals surface area contributed by atoms with Crippen LogP contribution in [0.25, 0.3) is 0 Å². The summed E-state index contributed by atoms with van der Waals surface area (Å²) in [5, 5.41) is 17.8. The summed E-state index contributed by atoms with van der Waals surface area (Å²) in [5.74, 6) is 0.430. The van der Waals surface area contributed by atoms with Gasteiger partial charge in [0.1, 0.15) is 11.9 Å². The van der Waals surface area contributed by atoms with Crippen molar-refractivity contribution in [1.29, 1.82) is 5.26 Å².